The molecule has 0 saturated heterocycles. The van der Waals surface area contributed by atoms with Gasteiger partial charge in [-0.3, -0.25) is 4.79 Å². The van der Waals surface area contributed by atoms with E-state index in [4.69, 9.17) is 5.11 Å². The van der Waals surface area contributed by atoms with Crippen LogP contribution >= 0.6 is 0 Å². The molecule has 0 amide bonds. The molecule has 0 saturated carbocycles. The van der Waals surface area contributed by atoms with E-state index >= 15 is 0 Å². The van der Waals surface area contributed by atoms with Gasteiger partial charge in [0.15, 0.2) is 0 Å². The van der Waals surface area contributed by atoms with E-state index in [1.54, 1.807) is 18.1 Å². The predicted octanol–water partition coefficient (Wildman–Crippen LogP) is 2.88. The van der Waals surface area contributed by atoms with Crippen LogP contribution in [-0.4, -0.2) is 35.7 Å². The first kappa shape index (κ1) is 15.1. The molecule has 21 heavy (non-hydrogen) atoms. The summed E-state index contributed by atoms with van der Waals surface area (Å²) >= 11 is 0. The molecule has 5 nitrogen and oxygen atoms in total. The second kappa shape index (κ2) is 5.99. The van der Waals surface area contributed by atoms with Gasteiger partial charge in [-0.25, -0.2) is 4.98 Å². The van der Waals surface area contributed by atoms with Crippen molar-refractivity contribution in [1.29, 1.82) is 0 Å². The van der Waals surface area contributed by atoms with Gasteiger partial charge < -0.3 is 15.3 Å². The van der Waals surface area contributed by atoms with Crippen molar-refractivity contribution in [3.8, 4) is 0 Å². The van der Waals surface area contributed by atoms with Gasteiger partial charge in [-0.05, 0) is 32.4 Å². The Labute approximate surface area is 124 Å². The molecular weight excluding hydrogens is 266 g/mol. The third-order valence-corrected chi connectivity index (χ3v) is 3.26. The number of carbonyl (C=O) groups is 1. The van der Waals surface area contributed by atoms with Crippen LogP contribution in [0.4, 0.5) is 11.5 Å². The van der Waals surface area contributed by atoms with E-state index in [0.29, 0.717) is 11.9 Å². The van der Waals surface area contributed by atoms with Crippen LogP contribution < -0.4 is 10.2 Å². The van der Waals surface area contributed by atoms with Gasteiger partial charge in [-0.2, -0.15) is 0 Å². The SMILES string of the molecule is Cc1cnc(N(C)CC(=O)O)c2cccc(NC(C)C)c12. The highest BCUT2D eigenvalue weighted by Crippen LogP contribution is 2.32. The second-order valence-electron chi connectivity index (χ2n) is 5.54. The number of nitrogens with one attached hydrogen (secondary N) is 1. The number of aliphatic carboxylic acids is 1. The first-order valence-corrected chi connectivity index (χ1v) is 6.98. The maximum absolute atomic E-state index is 10.9. The van der Waals surface area contributed by atoms with E-state index < -0.39 is 5.97 Å². The van der Waals surface area contributed by atoms with Gasteiger partial charge in [0.1, 0.15) is 12.4 Å². The van der Waals surface area contributed by atoms with Crippen LogP contribution in [0.25, 0.3) is 10.8 Å². The van der Waals surface area contributed by atoms with E-state index in [2.05, 4.69) is 24.1 Å². The molecule has 0 fully saturated rings. The van der Waals surface area contributed by atoms with Crippen molar-refractivity contribution in [2.75, 3.05) is 23.8 Å². The average Bonchev–Trinajstić information content (AvgIpc) is 2.37. The first-order chi connectivity index (χ1) is 9.90. The number of carboxylic acids is 1. The van der Waals surface area contributed by atoms with Crippen molar-refractivity contribution in [3.63, 3.8) is 0 Å². The topological polar surface area (TPSA) is 65.5 Å². The average molecular weight is 287 g/mol. The van der Waals surface area contributed by atoms with E-state index in [0.717, 1.165) is 22.0 Å². The van der Waals surface area contributed by atoms with Crippen LogP contribution in [0.5, 0.6) is 0 Å². The smallest absolute Gasteiger partial charge is 0.323 e. The third kappa shape index (κ3) is 3.24. The Kier molecular flexibility index (Phi) is 4.31. The summed E-state index contributed by atoms with van der Waals surface area (Å²) in [4.78, 5) is 17.0. The highest BCUT2D eigenvalue weighted by molar-refractivity contribution is 6.02. The standard InChI is InChI=1S/C16H21N3O2/c1-10(2)18-13-7-5-6-12-15(13)11(3)8-17-16(12)19(4)9-14(20)21/h5-8,10,18H,9H2,1-4H3,(H,20,21). The molecule has 0 atom stereocenters. The zero-order chi connectivity index (χ0) is 15.6. The predicted molar refractivity (Wildman–Crippen MR) is 86.1 cm³/mol. The lowest BCUT2D eigenvalue weighted by Gasteiger charge is -2.20. The molecule has 0 radical (unpaired) electrons. The lowest BCUT2D eigenvalue weighted by molar-refractivity contribution is -0.135. The van der Waals surface area contributed by atoms with Crippen molar-refractivity contribution in [2.45, 2.75) is 26.8 Å². The quantitative estimate of drug-likeness (QED) is 0.885. The van der Waals surface area contributed by atoms with Crippen LogP contribution in [0, 0.1) is 6.92 Å². The number of hydrogen-bond acceptors (Lipinski definition) is 4. The summed E-state index contributed by atoms with van der Waals surface area (Å²) in [5, 5.41) is 14.5. The normalized spacial score (nSPS) is 10.9. The Morgan fingerprint density at radius 3 is 2.76 bits per heavy atom. The fourth-order valence-corrected chi connectivity index (χ4v) is 2.47. The second-order valence-corrected chi connectivity index (χ2v) is 5.54. The maximum Gasteiger partial charge on any atom is 0.323 e. The van der Waals surface area contributed by atoms with Crippen molar-refractivity contribution in [3.05, 3.63) is 30.0 Å². The summed E-state index contributed by atoms with van der Waals surface area (Å²) in [6.07, 6.45) is 1.79. The van der Waals surface area contributed by atoms with E-state index in [1.807, 2.05) is 25.1 Å². The molecular formula is C16H21N3O2. The molecule has 0 aliphatic heterocycles. The molecule has 0 spiro atoms. The van der Waals surface area contributed by atoms with Gasteiger partial charge in [0.2, 0.25) is 0 Å². The lowest BCUT2D eigenvalue weighted by atomic mass is 10.0. The molecule has 112 valence electrons. The molecule has 0 unspecified atom stereocenters. The number of nitrogens with zero attached hydrogens (tertiary/aromatic N) is 2. The summed E-state index contributed by atoms with van der Waals surface area (Å²) < 4.78 is 0. The Morgan fingerprint density at radius 2 is 2.14 bits per heavy atom. The number of aromatic nitrogens is 1. The zero-order valence-corrected chi connectivity index (χ0v) is 12.8. The van der Waals surface area contributed by atoms with Gasteiger partial charge in [0, 0.05) is 35.7 Å². The number of likely N-dealkylation sites (N-methyl/N-ethyl adjacent to an activating group) is 1. The minimum Gasteiger partial charge on any atom is -0.480 e. The number of carboxylic acid groups (broad SMARTS) is 1. The van der Waals surface area contributed by atoms with Crippen LogP contribution in [0.15, 0.2) is 24.4 Å². The minimum atomic E-state index is -0.871. The molecule has 1 heterocycles. The van der Waals surface area contributed by atoms with Crippen LogP contribution in [0.1, 0.15) is 19.4 Å². The molecule has 0 aliphatic rings. The number of rotatable bonds is 5. The Balaban J connectivity index is 2.60. The maximum atomic E-state index is 10.9. The molecule has 5 heteroatoms. The summed E-state index contributed by atoms with van der Waals surface area (Å²) in [5.74, 6) is -0.185. The third-order valence-electron chi connectivity index (χ3n) is 3.26. The summed E-state index contributed by atoms with van der Waals surface area (Å²) in [7, 11) is 1.74. The molecule has 2 aromatic rings. The van der Waals surface area contributed by atoms with Gasteiger partial charge in [-0.1, -0.05) is 12.1 Å². The van der Waals surface area contributed by atoms with Crippen molar-refractivity contribution >= 4 is 28.2 Å². The lowest BCUT2D eigenvalue weighted by Crippen LogP contribution is -2.26. The number of pyridine rings is 1. The minimum absolute atomic E-state index is 0.0764. The highest BCUT2D eigenvalue weighted by Gasteiger charge is 2.14. The van der Waals surface area contributed by atoms with E-state index in [-0.39, 0.29) is 6.54 Å². The highest BCUT2D eigenvalue weighted by atomic mass is 16.4. The number of fused-ring (bicyclic) bond motifs is 1. The summed E-state index contributed by atoms with van der Waals surface area (Å²) in [6.45, 7) is 6.12. The Bertz CT molecular complexity index is 668. The number of anilines is 2. The molecule has 0 bridgehead atoms. The molecule has 1 aromatic carbocycles. The molecule has 2 rings (SSSR count). The number of aryl methyl sites for hydroxylation is 1. The van der Waals surface area contributed by atoms with Crippen molar-refractivity contribution in [2.24, 2.45) is 0 Å². The fourth-order valence-electron chi connectivity index (χ4n) is 2.47. The van der Waals surface area contributed by atoms with Crippen LogP contribution in [0.3, 0.4) is 0 Å². The van der Waals surface area contributed by atoms with E-state index in [1.165, 1.54) is 0 Å². The zero-order valence-electron chi connectivity index (χ0n) is 12.8. The first-order valence-electron chi connectivity index (χ1n) is 6.98. The van der Waals surface area contributed by atoms with Crippen molar-refractivity contribution in [1.82, 2.24) is 4.98 Å². The van der Waals surface area contributed by atoms with Crippen LogP contribution in [-0.2, 0) is 4.79 Å². The van der Waals surface area contributed by atoms with Crippen LogP contribution in [0.2, 0.25) is 0 Å². The monoisotopic (exact) mass is 287 g/mol. The Morgan fingerprint density at radius 1 is 1.43 bits per heavy atom. The summed E-state index contributed by atoms with van der Waals surface area (Å²) in [6, 6.07) is 6.31. The van der Waals surface area contributed by atoms with Gasteiger partial charge in [0.25, 0.3) is 0 Å². The molecule has 2 N–H and O–H groups in total. The van der Waals surface area contributed by atoms with Gasteiger partial charge >= 0.3 is 5.97 Å². The largest absolute Gasteiger partial charge is 0.480 e. The van der Waals surface area contributed by atoms with Gasteiger partial charge in [0.05, 0.1) is 0 Å². The fraction of sp³-hybridized carbons (Fsp3) is 0.375. The number of benzene rings is 1. The van der Waals surface area contributed by atoms with Crippen molar-refractivity contribution < 1.29 is 9.90 Å². The number of hydrogen-bond donors (Lipinski definition) is 2. The van der Waals surface area contributed by atoms with Gasteiger partial charge in [-0.15, -0.1) is 0 Å². The molecule has 1 aromatic heterocycles. The Hall–Kier alpha value is -2.30. The van der Waals surface area contributed by atoms with E-state index in [9.17, 15) is 4.79 Å². The molecule has 0 aliphatic carbocycles. The summed E-state index contributed by atoms with van der Waals surface area (Å²) in [5.41, 5.74) is 2.12.